The highest BCUT2D eigenvalue weighted by atomic mass is 16.5. The highest BCUT2D eigenvalue weighted by Crippen LogP contribution is 2.23. The Morgan fingerprint density at radius 1 is 1.04 bits per heavy atom. The summed E-state index contributed by atoms with van der Waals surface area (Å²) in [5.41, 5.74) is 3.01. The molecule has 0 fully saturated rings. The van der Waals surface area contributed by atoms with Crippen molar-refractivity contribution in [3.63, 3.8) is 0 Å². The standard InChI is InChI=1S/C21H18O3/c1-24-20-10-8-18(19(14-20)9-11-21(22)23)13-15-6-7-16-4-2-3-5-17(16)12-15/h2-12,14H,13H2,1H3,(H,22,23)/p-1/b11-9+. The Labute approximate surface area is 140 Å². The zero-order chi connectivity index (χ0) is 16.9. The third-order valence-corrected chi connectivity index (χ3v) is 3.96. The van der Waals surface area contributed by atoms with Gasteiger partial charge in [0.25, 0.3) is 0 Å². The van der Waals surface area contributed by atoms with Crippen molar-refractivity contribution in [2.75, 3.05) is 7.11 Å². The molecule has 0 saturated heterocycles. The molecule has 0 aliphatic rings. The number of benzene rings is 3. The van der Waals surface area contributed by atoms with Crippen LogP contribution in [0.4, 0.5) is 0 Å². The highest BCUT2D eigenvalue weighted by molar-refractivity contribution is 5.84. The molecule has 0 saturated carbocycles. The lowest BCUT2D eigenvalue weighted by Crippen LogP contribution is -2.18. The van der Waals surface area contributed by atoms with Gasteiger partial charge in [-0.1, -0.05) is 54.6 Å². The van der Waals surface area contributed by atoms with E-state index in [1.165, 1.54) is 16.3 Å². The molecule has 0 radical (unpaired) electrons. The van der Waals surface area contributed by atoms with E-state index in [2.05, 4.69) is 30.3 Å². The first-order chi connectivity index (χ1) is 11.7. The Bertz CT molecular complexity index is 910. The van der Waals surface area contributed by atoms with Crippen molar-refractivity contribution < 1.29 is 14.6 Å². The summed E-state index contributed by atoms with van der Waals surface area (Å²) in [5, 5.41) is 13.1. The highest BCUT2D eigenvalue weighted by Gasteiger charge is 2.05. The van der Waals surface area contributed by atoms with E-state index in [0.717, 1.165) is 17.2 Å². The van der Waals surface area contributed by atoms with Crippen molar-refractivity contribution in [2.45, 2.75) is 6.42 Å². The molecule has 0 atom stereocenters. The summed E-state index contributed by atoms with van der Waals surface area (Å²) in [6.45, 7) is 0. The van der Waals surface area contributed by atoms with Crippen LogP contribution in [-0.4, -0.2) is 13.1 Å². The summed E-state index contributed by atoms with van der Waals surface area (Å²) in [6.07, 6.45) is 3.30. The molecule has 24 heavy (non-hydrogen) atoms. The number of carboxylic acid groups (broad SMARTS) is 1. The summed E-state index contributed by atoms with van der Waals surface area (Å²) in [5.74, 6) is -0.523. The van der Waals surface area contributed by atoms with Crippen LogP contribution >= 0.6 is 0 Å². The Kier molecular flexibility index (Phi) is 4.62. The second-order valence-electron chi connectivity index (χ2n) is 5.58. The van der Waals surface area contributed by atoms with Crippen LogP contribution in [-0.2, 0) is 11.2 Å². The fraction of sp³-hybridized carbons (Fsp3) is 0.0952. The quantitative estimate of drug-likeness (QED) is 0.679. The topological polar surface area (TPSA) is 49.4 Å². The minimum atomic E-state index is -1.21. The lowest BCUT2D eigenvalue weighted by Gasteiger charge is -2.10. The summed E-state index contributed by atoms with van der Waals surface area (Å²) in [4.78, 5) is 10.7. The van der Waals surface area contributed by atoms with Crippen molar-refractivity contribution in [1.82, 2.24) is 0 Å². The van der Waals surface area contributed by atoms with Crippen LogP contribution in [0, 0.1) is 0 Å². The first-order valence-electron chi connectivity index (χ1n) is 7.69. The molecule has 0 aliphatic heterocycles. The third kappa shape index (κ3) is 3.63. The summed E-state index contributed by atoms with van der Waals surface area (Å²) in [7, 11) is 1.59. The van der Waals surface area contributed by atoms with Gasteiger partial charge >= 0.3 is 0 Å². The van der Waals surface area contributed by atoms with Gasteiger partial charge in [-0.05, 0) is 52.1 Å². The van der Waals surface area contributed by atoms with Gasteiger partial charge in [0.1, 0.15) is 5.75 Å². The van der Waals surface area contributed by atoms with Crippen molar-refractivity contribution in [3.05, 3.63) is 83.4 Å². The second kappa shape index (κ2) is 7.01. The zero-order valence-electron chi connectivity index (χ0n) is 13.4. The molecule has 0 aromatic heterocycles. The number of hydrogen-bond acceptors (Lipinski definition) is 3. The number of fused-ring (bicyclic) bond motifs is 1. The number of methoxy groups -OCH3 is 1. The second-order valence-corrected chi connectivity index (χ2v) is 5.58. The van der Waals surface area contributed by atoms with Crippen molar-refractivity contribution >= 4 is 22.8 Å². The zero-order valence-corrected chi connectivity index (χ0v) is 13.4. The molecular weight excluding hydrogens is 300 g/mol. The van der Waals surface area contributed by atoms with Crippen molar-refractivity contribution in [3.8, 4) is 5.75 Å². The molecule has 3 aromatic rings. The van der Waals surface area contributed by atoms with E-state index in [1.807, 2.05) is 30.3 Å². The van der Waals surface area contributed by atoms with Gasteiger partial charge in [0.15, 0.2) is 0 Å². The van der Waals surface area contributed by atoms with Gasteiger partial charge in [-0.25, -0.2) is 0 Å². The molecule has 0 bridgehead atoms. The minimum absolute atomic E-state index is 0.690. The number of carbonyl (C=O) groups is 1. The molecule has 0 N–H and O–H groups in total. The van der Waals surface area contributed by atoms with Gasteiger partial charge in [-0.2, -0.15) is 0 Å². The molecule has 0 heterocycles. The average molecular weight is 317 g/mol. The van der Waals surface area contributed by atoms with Gasteiger partial charge in [0.05, 0.1) is 13.1 Å². The van der Waals surface area contributed by atoms with E-state index in [9.17, 15) is 9.90 Å². The van der Waals surface area contributed by atoms with Gasteiger partial charge in [0, 0.05) is 0 Å². The maximum Gasteiger partial charge on any atom is 0.119 e. The van der Waals surface area contributed by atoms with Crippen LogP contribution in [0.3, 0.4) is 0 Å². The SMILES string of the molecule is COc1ccc(Cc2ccc3ccccc3c2)c(/C=C/C(=O)[O-])c1. The van der Waals surface area contributed by atoms with E-state index in [4.69, 9.17) is 4.74 Å². The van der Waals surface area contributed by atoms with Crippen LogP contribution < -0.4 is 9.84 Å². The van der Waals surface area contributed by atoms with Gasteiger partial charge in [-0.15, -0.1) is 0 Å². The van der Waals surface area contributed by atoms with Crippen LogP contribution in [0.1, 0.15) is 16.7 Å². The Balaban J connectivity index is 1.96. The van der Waals surface area contributed by atoms with Crippen molar-refractivity contribution in [2.24, 2.45) is 0 Å². The predicted octanol–water partition coefficient (Wildman–Crippen LogP) is 3.20. The van der Waals surface area contributed by atoms with E-state index >= 15 is 0 Å². The molecule has 0 aliphatic carbocycles. The van der Waals surface area contributed by atoms with E-state index in [-0.39, 0.29) is 0 Å². The summed E-state index contributed by atoms with van der Waals surface area (Å²) < 4.78 is 5.23. The predicted molar refractivity (Wildman–Crippen MR) is 93.8 cm³/mol. The Morgan fingerprint density at radius 2 is 1.83 bits per heavy atom. The minimum Gasteiger partial charge on any atom is -0.545 e. The smallest absolute Gasteiger partial charge is 0.119 e. The number of rotatable bonds is 5. The van der Waals surface area contributed by atoms with Crippen LogP contribution in [0.2, 0.25) is 0 Å². The van der Waals surface area contributed by atoms with Gasteiger partial charge in [0.2, 0.25) is 0 Å². The molecule has 3 rings (SSSR count). The van der Waals surface area contributed by atoms with Gasteiger partial charge in [-0.3, -0.25) is 0 Å². The maximum atomic E-state index is 10.7. The molecular formula is C21H17O3-. The fourth-order valence-electron chi connectivity index (χ4n) is 2.74. The van der Waals surface area contributed by atoms with Gasteiger partial charge < -0.3 is 14.6 Å². The van der Waals surface area contributed by atoms with E-state index in [0.29, 0.717) is 12.2 Å². The summed E-state index contributed by atoms with van der Waals surface area (Å²) >= 11 is 0. The normalized spacial score (nSPS) is 11.0. The monoisotopic (exact) mass is 317 g/mol. The number of carbonyl (C=O) groups excluding carboxylic acids is 1. The maximum absolute atomic E-state index is 10.7. The average Bonchev–Trinajstić information content (AvgIpc) is 2.60. The Hall–Kier alpha value is -3.07. The van der Waals surface area contributed by atoms with Crippen LogP contribution in [0.25, 0.3) is 16.8 Å². The van der Waals surface area contributed by atoms with E-state index < -0.39 is 5.97 Å². The first-order valence-corrected chi connectivity index (χ1v) is 7.69. The molecule has 0 amide bonds. The molecule has 0 spiro atoms. The first kappa shape index (κ1) is 15.8. The third-order valence-electron chi connectivity index (χ3n) is 3.96. The van der Waals surface area contributed by atoms with E-state index in [1.54, 1.807) is 13.2 Å². The van der Waals surface area contributed by atoms with Crippen molar-refractivity contribution in [1.29, 1.82) is 0 Å². The Morgan fingerprint density at radius 3 is 2.58 bits per heavy atom. The fourth-order valence-corrected chi connectivity index (χ4v) is 2.74. The van der Waals surface area contributed by atoms with Crippen LogP contribution in [0.15, 0.2) is 66.7 Å². The molecule has 3 aromatic carbocycles. The number of hydrogen-bond donors (Lipinski definition) is 0. The molecule has 0 unspecified atom stereocenters. The summed E-state index contributed by atoms with van der Waals surface area (Å²) in [6, 6.07) is 20.2. The lowest BCUT2D eigenvalue weighted by atomic mass is 9.97. The largest absolute Gasteiger partial charge is 0.545 e. The van der Waals surface area contributed by atoms with Crippen LogP contribution in [0.5, 0.6) is 5.75 Å². The number of carboxylic acids is 1. The molecule has 120 valence electrons. The number of ether oxygens (including phenoxy) is 1. The molecule has 3 nitrogen and oxygen atoms in total. The molecule has 3 heteroatoms. The number of aliphatic carboxylic acids is 1. The lowest BCUT2D eigenvalue weighted by molar-refractivity contribution is -0.297.